The quantitative estimate of drug-likeness (QED) is 0.744. The van der Waals surface area contributed by atoms with Crippen LogP contribution in [0.25, 0.3) is 0 Å². The molecule has 0 unspecified atom stereocenters. The summed E-state index contributed by atoms with van der Waals surface area (Å²) < 4.78 is 6.77. The van der Waals surface area contributed by atoms with Crippen LogP contribution in [0.1, 0.15) is 18.9 Å². The molecule has 2 N–H and O–H groups in total. The largest absolute Gasteiger partial charge is 0.481 e. The van der Waals surface area contributed by atoms with Gasteiger partial charge in [-0.05, 0) is 12.8 Å². The smallest absolute Gasteiger partial charge is 0.344 e. The lowest BCUT2D eigenvalue weighted by molar-refractivity contribution is -0.133. The van der Waals surface area contributed by atoms with Gasteiger partial charge in [-0.2, -0.15) is 0 Å². The third-order valence-electron chi connectivity index (χ3n) is 2.55. The number of nitrogens with one attached hydrogen (secondary N) is 1. The van der Waals surface area contributed by atoms with Gasteiger partial charge in [0.05, 0.1) is 5.75 Å². The highest BCUT2D eigenvalue weighted by Gasteiger charge is 2.21. The van der Waals surface area contributed by atoms with Crippen molar-refractivity contribution in [2.24, 2.45) is 0 Å². The molecule has 1 aromatic rings. The average Bonchev–Trinajstić information content (AvgIpc) is 2.69. The number of hydrogen-bond donors (Lipinski definition) is 2. The Kier molecular flexibility index (Phi) is 3.85. The molecule has 1 fully saturated rings. The second-order valence-electron chi connectivity index (χ2n) is 3.71. The lowest BCUT2D eigenvalue weighted by atomic mass is 10.1. The van der Waals surface area contributed by atoms with Gasteiger partial charge in [0.25, 0.3) is 0 Å². The zero-order valence-electron chi connectivity index (χ0n) is 9.09. The van der Waals surface area contributed by atoms with Crippen LogP contribution in [0.3, 0.4) is 0 Å². The summed E-state index contributed by atoms with van der Waals surface area (Å²) in [6.07, 6.45) is 1.50. The second kappa shape index (κ2) is 5.37. The molecule has 0 atom stereocenters. The first-order chi connectivity index (χ1) is 8.18. The van der Waals surface area contributed by atoms with Crippen LogP contribution < -0.4 is 5.69 Å². The van der Waals surface area contributed by atoms with Crippen LogP contribution in [0.15, 0.2) is 9.95 Å². The monoisotopic (exact) mass is 259 g/mol. The number of thioether (sulfide) groups is 1. The Morgan fingerprint density at radius 1 is 1.59 bits per heavy atom. The fourth-order valence-corrected chi connectivity index (χ4v) is 2.52. The molecule has 0 saturated carbocycles. The summed E-state index contributed by atoms with van der Waals surface area (Å²) in [5, 5.41) is 15.3. The van der Waals surface area contributed by atoms with E-state index in [9.17, 15) is 9.59 Å². The van der Waals surface area contributed by atoms with E-state index in [0.29, 0.717) is 18.4 Å². The molecular formula is C9H13N3O4S. The van der Waals surface area contributed by atoms with Gasteiger partial charge < -0.3 is 9.84 Å². The highest BCUT2D eigenvalue weighted by atomic mass is 32.2. The molecule has 1 aromatic heterocycles. The van der Waals surface area contributed by atoms with Gasteiger partial charge in [-0.1, -0.05) is 11.8 Å². The summed E-state index contributed by atoms with van der Waals surface area (Å²) in [4.78, 5) is 22.1. The fourth-order valence-electron chi connectivity index (χ4n) is 1.78. The predicted octanol–water partition coefficient (Wildman–Crippen LogP) is 0.0996. The van der Waals surface area contributed by atoms with Crippen LogP contribution in [-0.4, -0.2) is 44.8 Å². The maximum Gasteiger partial charge on any atom is 0.344 e. The first-order valence-electron chi connectivity index (χ1n) is 5.27. The molecule has 2 rings (SSSR count). The number of carboxylic acid groups (broad SMARTS) is 1. The van der Waals surface area contributed by atoms with Crippen LogP contribution in [0, 0.1) is 0 Å². The standard InChI is InChI=1S/C9H13N3O4S/c13-7(14)5-17-9-11-10-8(15)12(9)6-1-3-16-4-2-6/h6H,1-5H2,(H,10,15)(H,13,14). The van der Waals surface area contributed by atoms with E-state index in [2.05, 4.69) is 10.2 Å². The van der Waals surface area contributed by atoms with Crippen molar-refractivity contribution >= 4 is 17.7 Å². The van der Waals surface area contributed by atoms with Crippen molar-refractivity contribution in [3.63, 3.8) is 0 Å². The maximum atomic E-state index is 11.6. The number of H-pyrrole nitrogens is 1. The molecule has 0 bridgehead atoms. The van der Waals surface area contributed by atoms with Gasteiger partial charge >= 0.3 is 11.7 Å². The number of hydrogen-bond acceptors (Lipinski definition) is 5. The Hall–Kier alpha value is -1.28. The topological polar surface area (TPSA) is 97.2 Å². The Bertz CT molecular complexity index is 449. The molecule has 0 aromatic carbocycles. The van der Waals surface area contributed by atoms with Gasteiger partial charge in [0.15, 0.2) is 5.16 Å². The zero-order valence-corrected chi connectivity index (χ0v) is 9.90. The van der Waals surface area contributed by atoms with Crippen molar-refractivity contribution in [3.8, 4) is 0 Å². The first kappa shape index (κ1) is 12.2. The zero-order chi connectivity index (χ0) is 12.3. The van der Waals surface area contributed by atoms with Crippen molar-refractivity contribution in [1.29, 1.82) is 0 Å². The van der Waals surface area contributed by atoms with E-state index in [4.69, 9.17) is 9.84 Å². The Balaban J connectivity index is 2.16. The Labute approximate surface area is 101 Å². The van der Waals surface area contributed by atoms with Gasteiger partial charge in [-0.25, -0.2) is 9.89 Å². The number of ether oxygens (including phenoxy) is 1. The molecule has 2 heterocycles. The number of nitrogens with zero attached hydrogens (tertiary/aromatic N) is 2. The Morgan fingerprint density at radius 2 is 2.29 bits per heavy atom. The number of carbonyl (C=O) groups is 1. The van der Waals surface area contributed by atoms with Gasteiger partial charge in [-0.3, -0.25) is 9.36 Å². The lowest BCUT2D eigenvalue weighted by Gasteiger charge is -2.23. The number of aliphatic carboxylic acids is 1. The third-order valence-corrected chi connectivity index (χ3v) is 3.49. The highest BCUT2D eigenvalue weighted by Crippen LogP contribution is 2.24. The number of aromatic nitrogens is 3. The third kappa shape index (κ3) is 2.89. The van der Waals surface area contributed by atoms with Crippen LogP contribution in [-0.2, 0) is 9.53 Å². The van der Waals surface area contributed by atoms with E-state index >= 15 is 0 Å². The molecule has 94 valence electrons. The van der Waals surface area contributed by atoms with Gasteiger partial charge in [-0.15, -0.1) is 5.10 Å². The van der Waals surface area contributed by atoms with E-state index in [-0.39, 0.29) is 17.5 Å². The number of carboxylic acids is 1. The van der Waals surface area contributed by atoms with Crippen LogP contribution >= 0.6 is 11.8 Å². The molecular weight excluding hydrogens is 246 g/mol. The van der Waals surface area contributed by atoms with E-state index in [0.717, 1.165) is 24.6 Å². The number of rotatable bonds is 4. The molecule has 1 aliphatic rings. The van der Waals surface area contributed by atoms with E-state index in [1.54, 1.807) is 0 Å². The molecule has 0 amide bonds. The summed E-state index contributed by atoms with van der Waals surface area (Å²) in [5.41, 5.74) is -0.287. The van der Waals surface area contributed by atoms with Gasteiger partial charge in [0.2, 0.25) is 0 Å². The number of aromatic amines is 1. The van der Waals surface area contributed by atoms with E-state index < -0.39 is 5.97 Å². The summed E-state index contributed by atoms with van der Waals surface area (Å²) >= 11 is 1.05. The summed E-state index contributed by atoms with van der Waals surface area (Å²) in [6.45, 7) is 1.23. The van der Waals surface area contributed by atoms with Crippen molar-refractivity contribution in [2.75, 3.05) is 19.0 Å². The predicted molar refractivity (Wildman–Crippen MR) is 60.3 cm³/mol. The molecule has 1 aliphatic heterocycles. The lowest BCUT2D eigenvalue weighted by Crippen LogP contribution is -2.28. The Morgan fingerprint density at radius 3 is 2.94 bits per heavy atom. The fraction of sp³-hybridized carbons (Fsp3) is 0.667. The second-order valence-corrected chi connectivity index (χ2v) is 4.65. The van der Waals surface area contributed by atoms with Crippen LogP contribution in [0.5, 0.6) is 0 Å². The van der Waals surface area contributed by atoms with Crippen LogP contribution in [0.4, 0.5) is 0 Å². The molecule has 1 saturated heterocycles. The van der Waals surface area contributed by atoms with Crippen molar-refractivity contribution in [3.05, 3.63) is 10.5 Å². The van der Waals surface area contributed by atoms with E-state index in [1.807, 2.05) is 0 Å². The minimum atomic E-state index is -0.927. The highest BCUT2D eigenvalue weighted by molar-refractivity contribution is 7.99. The first-order valence-corrected chi connectivity index (χ1v) is 6.26. The van der Waals surface area contributed by atoms with Crippen LogP contribution in [0.2, 0.25) is 0 Å². The molecule has 0 spiro atoms. The molecule has 7 nitrogen and oxygen atoms in total. The SMILES string of the molecule is O=C(O)CSc1n[nH]c(=O)n1C1CCOCC1. The average molecular weight is 259 g/mol. The molecule has 17 heavy (non-hydrogen) atoms. The van der Waals surface area contributed by atoms with Gasteiger partial charge in [0, 0.05) is 19.3 Å². The van der Waals surface area contributed by atoms with Gasteiger partial charge in [0.1, 0.15) is 0 Å². The molecule has 0 aliphatic carbocycles. The summed E-state index contributed by atoms with van der Waals surface area (Å²) in [7, 11) is 0. The minimum absolute atomic E-state index is 0.0475. The van der Waals surface area contributed by atoms with Crippen molar-refractivity contribution in [2.45, 2.75) is 24.0 Å². The molecule has 8 heteroatoms. The summed E-state index contributed by atoms with van der Waals surface area (Å²) in [6, 6.07) is 0.0475. The maximum absolute atomic E-state index is 11.6. The van der Waals surface area contributed by atoms with Crippen molar-refractivity contribution < 1.29 is 14.6 Å². The molecule has 0 radical (unpaired) electrons. The summed E-state index contributed by atoms with van der Waals surface area (Å²) in [5.74, 6) is -1.03. The normalized spacial score (nSPS) is 17.2. The minimum Gasteiger partial charge on any atom is -0.481 e. The van der Waals surface area contributed by atoms with E-state index in [1.165, 1.54) is 4.57 Å². The van der Waals surface area contributed by atoms with Crippen molar-refractivity contribution in [1.82, 2.24) is 14.8 Å².